The van der Waals surface area contributed by atoms with Crippen LogP contribution in [0.3, 0.4) is 0 Å². The zero-order chi connectivity index (χ0) is 18.5. The molecule has 0 aliphatic heterocycles. The Hall–Kier alpha value is -3.02. The number of aryl methyl sites for hydroxylation is 1. The molecule has 134 valence electrons. The molecule has 6 heteroatoms. The van der Waals surface area contributed by atoms with Gasteiger partial charge in [0.2, 0.25) is 5.91 Å². The van der Waals surface area contributed by atoms with E-state index in [0.717, 1.165) is 16.8 Å². The second kappa shape index (κ2) is 7.91. The molecule has 0 unspecified atom stereocenters. The van der Waals surface area contributed by atoms with Crippen molar-refractivity contribution >= 4 is 5.91 Å². The van der Waals surface area contributed by atoms with Crippen molar-refractivity contribution in [2.75, 3.05) is 7.05 Å². The highest BCUT2D eigenvalue weighted by Gasteiger charge is 2.17. The number of hydrogen-bond acceptors (Lipinski definition) is 3. The fourth-order valence-corrected chi connectivity index (χ4v) is 2.77. The summed E-state index contributed by atoms with van der Waals surface area (Å²) in [5.74, 6) is -0.206. The van der Waals surface area contributed by atoms with E-state index in [4.69, 9.17) is 0 Å². The fourth-order valence-electron chi connectivity index (χ4n) is 2.77. The van der Waals surface area contributed by atoms with Crippen LogP contribution in [0.25, 0.3) is 5.69 Å². The van der Waals surface area contributed by atoms with Crippen molar-refractivity contribution in [3.05, 3.63) is 78.1 Å². The number of carbonyl (C=O) groups is 1. The number of halogens is 1. The van der Waals surface area contributed by atoms with E-state index in [-0.39, 0.29) is 17.8 Å². The van der Waals surface area contributed by atoms with Crippen LogP contribution in [0.15, 0.2) is 61.2 Å². The van der Waals surface area contributed by atoms with Crippen LogP contribution in [0.1, 0.15) is 30.5 Å². The molecule has 2 aromatic carbocycles. The molecule has 1 atom stereocenters. The summed E-state index contributed by atoms with van der Waals surface area (Å²) >= 11 is 0. The van der Waals surface area contributed by atoms with Gasteiger partial charge in [-0.25, -0.2) is 14.1 Å². The summed E-state index contributed by atoms with van der Waals surface area (Å²) < 4.78 is 14.6. The van der Waals surface area contributed by atoms with E-state index in [2.05, 4.69) is 10.1 Å². The van der Waals surface area contributed by atoms with Crippen molar-refractivity contribution in [2.45, 2.75) is 25.8 Å². The minimum atomic E-state index is -0.264. The quantitative estimate of drug-likeness (QED) is 0.682. The van der Waals surface area contributed by atoms with Crippen molar-refractivity contribution in [3.63, 3.8) is 0 Å². The topological polar surface area (TPSA) is 51.0 Å². The van der Waals surface area contributed by atoms with Gasteiger partial charge in [-0.15, -0.1) is 0 Å². The maximum atomic E-state index is 12.9. The normalized spacial score (nSPS) is 12.0. The average molecular weight is 352 g/mol. The van der Waals surface area contributed by atoms with Crippen molar-refractivity contribution in [2.24, 2.45) is 0 Å². The van der Waals surface area contributed by atoms with Crippen LogP contribution in [0, 0.1) is 5.82 Å². The number of aromatic nitrogens is 3. The van der Waals surface area contributed by atoms with Crippen LogP contribution in [0.4, 0.5) is 4.39 Å². The van der Waals surface area contributed by atoms with Gasteiger partial charge in [-0.2, -0.15) is 5.10 Å². The summed E-state index contributed by atoms with van der Waals surface area (Å²) in [6, 6.07) is 14.1. The van der Waals surface area contributed by atoms with Gasteiger partial charge in [0, 0.05) is 13.5 Å². The van der Waals surface area contributed by atoms with E-state index < -0.39 is 0 Å². The predicted molar refractivity (Wildman–Crippen MR) is 97.3 cm³/mol. The number of benzene rings is 2. The lowest BCUT2D eigenvalue weighted by Crippen LogP contribution is -2.29. The van der Waals surface area contributed by atoms with Crippen LogP contribution < -0.4 is 0 Å². The predicted octanol–water partition coefficient (Wildman–Crippen LogP) is 3.56. The Morgan fingerprint density at radius 3 is 2.46 bits per heavy atom. The summed E-state index contributed by atoms with van der Waals surface area (Å²) in [7, 11) is 1.81. The second-order valence-corrected chi connectivity index (χ2v) is 6.24. The summed E-state index contributed by atoms with van der Waals surface area (Å²) in [6.07, 6.45) is 4.12. The number of rotatable bonds is 6. The van der Waals surface area contributed by atoms with E-state index in [0.29, 0.717) is 12.8 Å². The Kier molecular flexibility index (Phi) is 5.41. The first-order valence-corrected chi connectivity index (χ1v) is 8.49. The molecule has 1 aromatic heterocycles. The fraction of sp³-hybridized carbons (Fsp3) is 0.250. The Labute approximate surface area is 152 Å². The molecular weight excluding hydrogens is 331 g/mol. The summed E-state index contributed by atoms with van der Waals surface area (Å²) in [5, 5.41) is 4.10. The maximum Gasteiger partial charge on any atom is 0.223 e. The third-order valence-electron chi connectivity index (χ3n) is 4.57. The van der Waals surface area contributed by atoms with Crippen molar-refractivity contribution < 1.29 is 9.18 Å². The number of carbonyl (C=O) groups excluding carboxylic acids is 1. The minimum Gasteiger partial charge on any atom is -0.339 e. The molecule has 0 aliphatic rings. The van der Waals surface area contributed by atoms with Crippen LogP contribution in [0.2, 0.25) is 0 Å². The lowest BCUT2D eigenvalue weighted by atomic mass is 10.1. The molecule has 0 radical (unpaired) electrons. The number of nitrogens with zero attached hydrogens (tertiary/aromatic N) is 4. The third-order valence-corrected chi connectivity index (χ3v) is 4.57. The molecule has 26 heavy (non-hydrogen) atoms. The van der Waals surface area contributed by atoms with Gasteiger partial charge in [-0.3, -0.25) is 4.79 Å². The second-order valence-electron chi connectivity index (χ2n) is 6.24. The molecule has 0 saturated carbocycles. The Balaban J connectivity index is 1.60. The van der Waals surface area contributed by atoms with Gasteiger partial charge < -0.3 is 4.90 Å². The largest absolute Gasteiger partial charge is 0.339 e. The molecule has 1 heterocycles. The van der Waals surface area contributed by atoms with Crippen LogP contribution in [-0.2, 0) is 11.2 Å². The molecule has 0 saturated heterocycles. The van der Waals surface area contributed by atoms with Crippen LogP contribution in [-0.4, -0.2) is 32.6 Å². The Morgan fingerprint density at radius 1 is 1.15 bits per heavy atom. The van der Waals surface area contributed by atoms with E-state index in [1.165, 1.54) is 18.5 Å². The van der Waals surface area contributed by atoms with Gasteiger partial charge in [-0.05, 0) is 48.7 Å². The molecule has 1 amide bonds. The molecule has 0 fully saturated rings. The highest BCUT2D eigenvalue weighted by atomic mass is 19.1. The molecule has 0 spiro atoms. The van der Waals surface area contributed by atoms with Crippen molar-refractivity contribution in [1.29, 1.82) is 0 Å². The molecule has 0 aliphatic carbocycles. The van der Waals surface area contributed by atoms with Crippen molar-refractivity contribution in [3.8, 4) is 5.69 Å². The number of hydrogen-bond donors (Lipinski definition) is 0. The first-order chi connectivity index (χ1) is 12.5. The van der Waals surface area contributed by atoms with E-state index in [1.807, 2.05) is 38.2 Å². The zero-order valence-electron chi connectivity index (χ0n) is 14.8. The van der Waals surface area contributed by atoms with Gasteiger partial charge in [0.15, 0.2) is 0 Å². The molecular formula is C20H21FN4O. The van der Waals surface area contributed by atoms with Gasteiger partial charge >= 0.3 is 0 Å². The molecule has 3 aromatic rings. The third kappa shape index (κ3) is 4.14. The lowest BCUT2D eigenvalue weighted by Gasteiger charge is -2.25. The number of amides is 1. The van der Waals surface area contributed by atoms with Gasteiger partial charge in [0.25, 0.3) is 0 Å². The smallest absolute Gasteiger partial charge is 0.223 e. The molecule has 0 bridgehead atoms. The van der Waals surface area contributed by atoms with Crippen molar-refractivity contribution in [1.82, 2.24) is 19.7 Å². The molecule has 3 rings (SSSR count). The highest BCUT2D eigenvalue weighted by Crippen LogP contribution is 2.21. The molecule has 5 nitrogen and oxygen atoms in total. The Morgan fingerprint density at radius 2 is 1.85 bits per heavy atom. The average Bonchev–Trinajstić information content (AvgIpc) is 3.21. The van der Waals surface area contributed by atoms with Gasteiger partial charge in [0.05, 0.1) is 11.7 Å². The van der Waals surface area contributed by atoms with E-state index >= 15 is 0 Å². The summed E-state index contributed by atoms with van der Waals surface area (Å²) in [6.45, 7) is 2.00. The first kappa shape index (κ1) is 17.8. The monoisotopic (exact) mass is 352 g/mol. The summed E-state index contributed by atoms with van der Waals surface area (Å²) in [5.41, 5.74) is 2.92. The SMILES string of the molecule is C[C@@H](c1ccc(-n2cncn2)cc1)N(C)C(=O)CCc1ccc(F)cc1. The maximum absolute atomic E-state index is 12.9. The molecule has 0 N–H and O–H groups in total. The van der Waals surface area contributed by atoms with Crippen LogP contribution in [0.5, 0.6) is 0 Å². The zero-order valence-corrected chi connectivity index (χ0v) is 14.8. The first-order valence-electron chi connectivity index (χ1n) is 8.49. The lowest BCUT2D eigenvalue weighted by molar-refractivity contribution is -0.131. The minimum absolute atomic E-state index is 0.0412. The van der Waals surface area contributed by atoms with E-state index in [9.17, 15) is 9.18 Å². The van der Waals surface area contributed by atoms with E-state index in [1.54, 1.807) is 28.0 Å². The van der Waals surface area contributed by atoms with Gasteiger partial charge in [-0.1, -0.05) is 24.3 Å². The highest BCUT2D eigenvalue weighted by molar-refractivity contribution is 5.76. The van der Waals surface area contributed by atoms with Crippen LogP contribution >= 0.6 is 0 Å². The summed E-state index contributed by atoms with van der Waals surface area (Å²) in [4.78, 5) is 18.2. The standard InChI is InChI=1S/C20H21FN4O/c1-15(17-6-10-19(11-7-17)25-14-22-13-23-25)24(2)20(26)12-5-16-3-8-18(21)9-4-16/h3-4,6-11,13-15H,5,12H2,1-2H3/t15-/m0/s1. The van der Waals surface area contributed by atoms with Gasteiger partial charge in [0.1, 0.15) is 18.5 Å². The Bertz CT molecular complexity index is 845.